The van der Waals surface area contributed by atoms with Crippen molar-refractivity contribution in [3.8, 4) is 0 Å². The van der Waals surface area contributed by atoms with Crippen LogP contribution in [0.2, 0.25) is 0 Å². The molecular weight excluding hydrogens is 87.0 g/mol. The molecule has 0 N–H and O–H groups in total. The van der Waals surface area contributed by atoms with E-state index in [0.29, 0.717) is 0 Å². The smallest absolute Gasteiger partial charge is 0.303 e. The summed E-state index contributed by atoms with van der Waals surface area (Å²) in [6.07, 6.45) is -0.387. The molecule has 0 aliphatic heterocycles. The Morgan fingerprint density at radius 1 is 1.83 bits per heavy atom. The van der Waals surface area contributed by atoms with E-state index in [1.807, 2.05) is 0 Å². The zero-order chi connectivity index (χ0) is 4.99. The summed E-state index contributed by atoms with van der Waals surface area (Å²) in [5.74, 6) is 0. The van der Waals surface area contributed by atoms with Crippen molar-refractivity contribution in [2.45, 2.75) is 6.42 Å². The molecule has 0 saturated heterocycles. The highest BCUT2D eigenvalue weighted by Crippen LogP contribution is 1.74. The molecule has 34 valence electrons. The molecule has 0 fully saturated rings. The Labute approximate surface area is 34.0 Å². The van der Waals surface area contributed by atoms with E-state index in [9.17, 15) is 4.39 Å². The van der Waals surface area contributed by atoms with Gasteiger partial charge in [-0.05, 0) is 0 Å². The van der Waals surface area contributed by atoms with E-state index in [1.54, 1.807) is 0 Å². The summed E-state index contributed by atoms with van der Waals surface area (Å²) >= 11 is 0. The topological polar surface area (TPSA) is 34.1 Å². The average molecular weight is 90.1 g/mol. The molecule has 0 heterocycles. The third-order valence-corrected chi connectivity index (χ3v) is 0.244. The summed E-state index contributed by atoms with van der Waals surface area (Å²) in [5, 5.41) is 0. The van der Waals surface area contributed by atoms with Crippen LogP contribution in [0.25, 0.3) is 0 Å². The number of carbonyl (C=O) groups is 2. The lowest BCUT2D eigenvalue weighted by Crippen LogP contribution is -1.84. The molecule has 0 bridgehead atoms. The minimum Gasteiger partial charge on any atom is -0.303 e. The third-order valence-electron chi connectivity index (χ3n) is 0.244. The van der Waals surface area contributed by atoms with Gasteiger partial charge in [0.15, 0.2) is 0 Å². The zero-order valence-corrected chi connectivity index (χ0v) is 2.98. The molecule has 3 heteroatoms. The molecule has 6 heavy (non-hydrogen) atoms. The van der Waals surface area contributed by atoms with Crippen LogP contribution in [0.1, 0.15) is 6.42 Å². The van der Waals surface area contributed by atoms with Crippen molar-refractivity contribution < 1.29 is 14.0 Å². The monoisotopic (exact) mass is 90.0 g/mol. The van der Waals surface area contributed by atoms with Gasteiger partial charge < -0.3 is 4.79 Å². The minimum absolute atomic E-state index is 0.225. The first-order valence-corrected chi connectivity index (χ1v) is 1.39. The molecule has 0 atom stereocenters. The second-order valence-corrected chi connectivity index (χ2v) is 0.726. The summed E-state index contributed by atoms with van der Waals surface area (Å²) in [5.41, 5.74) is 0. The van der Waals surface area contributed by atoms with E-state index in [0.717, 1.165) is 0 Å². The number of halogens is 1. The maximum atomic E-state index is 10.8. The van der Waals surface area contributed by atoms with Crippen LogP contribution in [0.4, 0.5) is 4.39 Å². The molecule has 0 unspecified atom stereocenters. The molecule has 0 radical (unpaired) electrons. The Kier molecular flexibility index (Phi) is 2.20. The fourth-order valence-corrected chi connectivity index (χ4v) is 0.0655. The SMILES string of the molecule is O=CCC(=O)F. The van der Waals surface area contributed by atoms with Crippen molar-refractivity contribution in [1.29, 1.82) is 0 Å². The van der Waals surface area contributed by atoms with Gasteiger partial charge in [0.1, 0.15) is 6.29 Å². The first kappa shape index (κ1) is 5.27. The van der Waals surface area contributed by atoms with Crippen molar-refractivity contribution in [2.75, 3.05) is 0 Å². The van der Waals surface area contributed by atoms with Gasteiger partial charge in [-0.3, -0.25) is 4.79 Å². The van der Waals surface area contributed by atoms with E-state index in [-0.39, 0.29) is 6.29 Å². The highest BCUT2D eigenvalue weighted by Gasteiger charge is 1.90. The molecule has 0 aliphatic carbocycles. The first-order chi connectivity index (χ1) is 2.77. The summed E-state index contributed by atoms with van der Waals surface area (Å²) in [6.45, 7) is 0. The maximum Gasteiger partial charge on any atom is 0.308 e. The predicted octanol–water partition coefficient (Wildman–Crippen LogP) is 0.0715. The largest absolute Gasteiger partial charge is 0.308 e. The Morgan fingerprint density at radius 3 is 2.33 bits per heavy atom. The second kappa shape index (κ2) is 2.50. The van der Waals surface area contributed by atoms with E-state index in [2.05, 4.69) is 0 Å². The highest BCUT2D eigenvalue weighted by molar-refractivity contribution is 5.82. The molecule has 0 aromatic rings. The Morgan fingerprint density at radius 2 is 2.33 bits per heavy atom. The van der Waals surface area contributed by atoms with Gasteiger partial charge in [0, 0.05) is 0 Å². The van der Waals surface area contributed by atoms with Crippen LogP contribution in [-0.2, 0) is 9.59 Å². The van der Waals surface area contributed by atoms with Gasteiger partial charge in [-0.25, -0.2) is 0 Å². The minimum atomic E-state index is -1.58. The van der Waals surface area contributed by atoms with Crippen LogP contribution < -0.4 is 0 Å². The van der Waals surface area contributed by atoms with Crippen LogP contribution in [0.5, 0.6) is 0 Å². The van der Waals surface area contributed by atoms with Crippen LogP contribution in [0, 0.1) is 0 Å². The Balaban J connectivity index is 3.05. The second-order valence-electron chi connectivity index (χ2n) is 0.726. The molecule has 0 spiro atoms. The summed E-state index contributed by atoms with van der Waals surface area (Å²) < 4.78 is 10.8. The van der Waals surface area contributed by atoms with E-state index < -0.39 is 12.5 Å². The van der Waals surface area contributed by atoms with Crippen LogP contribution in [0.15, 0.2) is 0 Å². The van der Waals surface area contributed by atoms with E-state index >= 15 is 0 Å². The molecule has 0 aromatic heterocycles. The van der Waals surface area contributed by atoms with Crippen molar-refractivity contribution >= 4 is 12.3 Å². The zero-order valence-electron chi connectivity index (χ0n) is 2.98. The van der Waals surface area contributed by atoms with Gasteiger partial charge in [-0.2, -0.15) is 4.39 Å². The van der Waals surface area contributed by atoms with Gasteiger partial charge in [0.25, 0.3) is 0 Å². The lowest BCUT2D eigenvalue weighted by molar-refractivity contribution is -0.131. The van der Waals surface area contributed by atoms with Gasteiger partial charge in [-0.1, -0.05) is 0 Å². The van der Waals surface area contributed by atoms with E-state index in [4.69, 9.17) is 9.59 Å². The van der Waals surface area contributed by atoms with Gasteiger partial charge >= 0.3 is 6.04 Å². The fourth-order valence-electron chi connectivity index (χ4n) is 0.0655. The standard InChI is InChI=1S/C3H3FO2/c4-3(6)1-2-5/h2H,1H2. The summed E-state index contributed by atoms with van der Waals surface area (Å²) in [6, 6.07) is -1.58. The molecule has 0 saturated carbocycles. The van der Waals surface area contributed by atoms with E-state index in [1.165, 1.54) is 0 Å². The van der Waals surface area contributed by atoms with Gasteiger partial charge in [0.05, 0.1) is 6.42 Å². The Bertz CT molecular complexity index is 69.2. The first-order valence-electron chi connectivity index (χ1n) is 1.39. The number of hydrogen-bond acceptors (Lipinski definition) is 2. The van der Waals surface area contributed by atoms with Gasteiger partial charge in [0.2, 0.25) is 0 Å². The van der Waals surface area contributed by atoms with Crippen molar-refractivity contribution in [3.63, 3.8) is 0 Å². The molecule has 0 aliphatic rings. The van der Waals surface area contributed by atoms with Crippen molar-refractivity contribution in [3.05, 3.63) is 0 Å². The lowest BCUT2D eigenvalue weighted by Gasteiger charge is -1.66. The number of rotatable bonds is 2. The predicted molar refractivity (Wildman–Crippen MR) is 16.8 cm³/mol. The van der Waals surface area contributed by atoms with Crippen molar-refractivity contribution in [1.82, 2.24) is 0 Å². The summed E-state index contributed by atoms with van der Waals surface area (Å²) in [4.78, 5) is 18.3. The molecular formula is C3H3FO2. The quantitative estimate of drug-likeness (QED) is 0.273. The number of carbonyl (C=O) groups excluding carboxylic acids is 2. The van der Waals surface area contributed by atoms with Crippen molar-refractivity contribution in [2.24, 2.45) is 0 Å². The Hall–Kier alpha value is -0.730. The van der Waals surface area contributed by atoms with Gasteiger partial charge in [-0.15, -0.1) is 0 Å². The van der Waals surface area contributed by atoms with Crippen LogP contribution in [0.3, 0.4) is 0 Å². The third kappa shape index (κ3) is 3.27. The molecule has 0 amide bonds. The number of aldehydes is 1. The number of hydrogen-bond donors (Lipinski definition) is 0. The summed E-state index contributed by atoms with van der Waals surface area (Å²) in [7, 11) is 0. The molecule has 0 rings (SSSR count). The maximum absolute atomic E-state index is 10.8. The average Bonchev–Trinajstić information content (AvgIpc) is 1.35. The van der Waals surface area contributed by atoms with Crippen LogP contribution in [-0.4, -0.2) is 12.3 Å². The molecule has 0 aromatic carbocycles. The lowest BCUT2D eigenvalue weighted by atomic mass is 10.5. The highest BCUT2D eigenvalue weighted by atomic mass is 19.1. The van der Waals surface area contributed by atoms with Crippen LogP contribution >= 0.6 is 0 Å². The fraction of sp³-hybridized carbons (Fsp3) is 0.333. The normalized spacial score (nSPS) is 7.50. The molecule has 2 nitrogen and oxygen atoms in total.